The highest BCUT2D eigenvalue weighted by Crippen LogP contribution is 2.32. The third kappa shape index (κ3) is 3.31. The first-order chi connectivity index (χ1) is 12.3. The topological polar surface area (TPSA) is 33.5 Å². The summed E-state index contributed by atoms with van der Waals surface area (Å²) in [6.07, 6.45) is 5.13. The molecule has 1 atom stereocenters. The van der Waals surface area contributed by atoms with Crippen molar-refractivity contribution >= 4 is 5.69 Å². The molecule has 3 heterocycles. The molecule has 1 saturated heterocycles. The fraction of sp³-hybridized carbons (Fsp3) is 0.550. The highest BCUT2D eigenvalue weighted by Gasteiger charge is 2.20. The minimum absolute atomic E-state index is 0.399. The molecular formula is C20H28N4O. The van der Waals surface area contributed by atoms with Crippen molar-refractivity contribution in [1.29, 1.82) is 0 Å². The molecule has 0 radical (unpaired) electrons. The maximum Gasteiger partial charge on any atom is 0.0953 e. The Labute approximate surface area is 150 Å². The summed E-state index contributed by atoms with van der Waals surface area (Å²) in [5.74, 6) is 0. The van der Waals surface area contributed by atoms with Gasteiger partial charge in [-0.2, -0.15) is 0 Å². The number of imidazole rings is 1. The Morgan fingerprint density at radius 1 is 1.20 bits per heavy atom. The molecule has 0 bridgehead atoms. The molecule has 1 fully saturated rings. The molecule has 25 heavy (non-hydrogen) atoms. The van der Waals surface area contributed by atoms with Crippen LogP contribution < -0.4 is 4.90 Å². The van der Waals surface area contributed by atoms with Gasteiger partial charge in [0, 0.05) is 50.0 Å². The maximum atomic E-state index is 5.46. The highest BCUT2D eigenvalue weighted by molar-refractivity contribution is 5.68. The van der Waals surface area contributed by atoms with Gasteiger partial charge in [0.05, 0.1) is 31.4 Å². The van der Waals surface area contributed by atoms with E-state index in [1.807, 2.05) is 12.5 Å². The first-order valence-corrected chi connectivity index (χ1v) is 9.46. The van der Waals surface area contributed by atoms with Crippen LogP contribution >= 0.6 is 0 Å². The van der Waals surface area contributed by atoms with Gasteiger partial charge in [-0.1, -0.05) is 6.07 Å². The van der Waals surface area contributed by atoms with Crippen LogP contribution in [-0.2, 0) is 11.2 Å². The second kappa shape index (κ2) is 7.18. The van der Waals surface area contributed by atoms with Gasteiger partial charge in [0.15, 0.2) is 0 Å². The number of likely N-dealkylation sites (N-methyl/N-ethyl adjacent to an activating group) is 1. The lowest BCUT2D eigenvalue weighted by Gasteiger charge is -2.30. The third-order valence-electron chi connectivity index (χ3n) is 5.52. The van der Waals surface area contributed by atoms with Gasteiger partial charge in [0.25, 0.3) is 0 Å². The van der Waals surface area contributed by atoms with Crippen LogP contribution in [0.4, 0.5) is 5.69 Å². The number of morpholine rings is 1. The molecule has 0 saturated carbocycles. The monoisotopic (exact) mass is 340 g/mol. The summed E-state index contributed by atoms with van der Waals surface area (Å²) in [5, 5.41) is 0. The molecule has 1 aromatic heterocycles. The number of ether oxygens (including phenoxy) is 1. The fourth-order valence-corrected chi connectivity index (χ4v) is 4.08. The Balaban J connectivity index is 1.55. The van der Waals surface area contributed by atoms with Crippen LogP contribution in [0.5, 0.6) is 0 Å². The van der Waals surface area contributed by atoms with E-state index in [0.717, 1.165) is 52.4 Å². The zero-order valence-corrected chi connectivity index (χ0v) is 15.3. The number of anilines is 1. The van der Waals surface area contributed by atoms with Gasteiger partial charge < -0.3 is 14.2 Å². The quantitative estimate of drug-likeness (QED) is 0.838. The van der Waals surface area contributed by atoms with E-state index in [2.05, 4.69) is 51.4 Å². The molecule has 2 aliphatic rings. The van der Waals surface area contributed by atoms with E-state index in [1.165, 1.54) is 22.5 Å². The molecule has 0 unspecified atom stereocenters. The molecule has 4 rings (SSSR count). The lowest BCUT2D eigenvalue weighted by atomic mass is 10.1. The van der Waals surface area contributed by atoms with Gasteiger partial charge in [0.2, 0.25) is 0 Å². The van der Waals surface area contributed by atoms with Crippen LogP contribution in [0.15, 0.2) is 30.7 Å². The van der Waals surface area contributed by atoms with Gasteiger partial charge in [-0.15, -0.1) is 0 Å². The predicted octanol–water partition coefficient (Wildman–Crippen LogP) is 2.83. The fourth-order valence-electron chi connectivity index (χ4n) is 4.08. The van der Waals surface area contributed by atoms with E-state index in [4.69, 9.17) is 4.74 Å². The smallest absolute Gasteiger partial charge is 0.0953 e. The van der Waals surface area contributed by atoms with Crippen molar-refractivity contribution in [3.8, 4) is 11.3 Å². The van der Waals surface area contributed by atoms with E-state index >= 15 is 0 Å². The largest absolute Gasteiger partial charge is 0.379 e. The number of aromatic nitrogens is 2. The molecule has 134 valence electrons. The molecule has 2 aromatic rings. The van der Waals surface area contributed by atoms with Crippen LogP contribution in [0, 0.1) is 0 Å². The van der Waals surface area contributed by atoms with Crippen LogP contribution in [0.25, 0.3) is 11.3 Å². The van der Waals surface area contributed by atoms with Crippen molar-refractivity contribution in [2.75, 3.05) is 50.8 Å². The number of nitrogens with zero attached hydrogens (tertiary/aromatic N) is 4. The zero-order chi connectivity index (χ0) is 17.2. The molecule has 2 aliphatic heterocycles. The summed E-state index contributed by atoms with van der Waals surface area (Å²) in [6.45, 7) is 11.5. The van der Waals surface area contributed by atoms with Gasteiger partial charge >= 0.3 is 0 Å². The number of fused-ring (bicyclic) bond motifs is 1. The Morgan fingerprint density at radius 2 is 2.04 bits per heavy atom. The summed E-state index contributed by atoms with van der Waals surface area (Å²) in [4.78, 5) is 9.39. The number of hydrogen-bond donors (Lipinski definition) is 0. The second-order valence-corrected chi connectivity index (χ2v) is 7.12. The maximum absolute atomic E-state index is 5.46. The predicted molar refractivity (Wildman–Crippen MR) is 101 cm³/mol. The molecule has 0 spiro atoms. The molecule has 0 amide bonds. The molecule has 0 aliphatic carbocycles. The molecule has 5 heteroatoms. The Hall–Kier alpha value is -1.85. The Bertz CT molecular complexity index is 720. The van der Waals surface area contributed by atoms with E-state index in [-0.39, 0.29) is 0 Å². The zero-order valence-electron chi connectivity index (χ0n) is 15.3. The lowest BCUT2D eigenvalue weighted by Crippen LogP contribution is -2.39. The van der Waals surface area contributed by atoms with Gasteiger partial charge in [-0.3, -0.25) is 4.90 Å². The third-order valence-corrected chi connectivity index (χ3v) is 5.52. The second-order valence-electron chi connectivity index (χ2n) is 7.12. The minimum Gasteiger partial charge on any atom is -0.379 e. The Morgan fingerprint density at radius 3 is 2.84 bits per heavy atom. The minimum atomic E-state index is 0.399. The normalized spacial score (nSPS) is 19.2. The average Bonchev–Trinajstić information content (AvgIpc) is 3.28. The van der Waals surface area contributed by atoms with Crippen molar-refractivity contribution in [3.05, 3.63) is 36.3 Å². The standard InChI is InChI=1S/C20H28N4O/c1-3-23-7-6-18-12-17(4-5-19(18)23)20-13-21-15-24(20)16(2)14-22-8-10-25-11-9-22/h4-5,12-13,15-16H,3,6-11,14H2,1-2H3/t16-/m1/s1. The summed E-state index contributed by atoms with van der Waals surface area (Å²) < 4.78 is 7.78. The van der Waals surface area contributed by atoms with Crippen molar-refractivity contribution in [3.63, 3.8) is 0 Å². The van der Waals surface area contributed by atoms with Crippen molar-refractivity contribution in [2.24, 2.45) is 0 Å². The van der Waals surface area contributed by atoms with E-state index in [0.29, 0.717) is 6.04 Å². The van der Waals surface area contributed by atoms with Crippen LogP contribution in [0.3, 0.4) is 0 Å². The van der Waals surface area contributed by atoms with Gasteiger partial charge in [-0.05, 0) is 38.0 Å². The first-order valence-electron chi connectivity index (χ1n) is 9.46. The van der Waals surface area contributed by atoms with Crippen molar-refractivity contribution < 1.29 is 4.74 Å². The van der Waals surface area contributed by atoms with Gasteiger partial charge in [-0.25, -0.2) is 4.98 Å². The number of rotatable bonds is 5. The lowest BCUT2D eigenvalue weighted by molar-refractivity contribution is 0.0326. The first kappa shape index (κ1) is 16.6. The summed E-state index contributed by atoms with van der Waals surface area (Å²) >= 11 is 0. The molecular weight excluding hydrogens is 312 g/mol. The van der Waals surface area contributed by atoms with E-state index in [9.17, 15) is 0 Å². The summed E-state index contributed by atoms with van der Waals surface area (Å²) in [6, 6.07) is 7.29. The summed E-state index contributed by atoms with van der Waals surface area (Å²) in [5.41, 5.74) is 5.37. The molecule has 0 N–H and O–H groups in total. The molecule has 1 aromatic carbocycles. The van der Waals surface area contributed by atoms with Gasteiger partial charge in [0.1, 0.15) is 0 Å². The summed E-state index contributed by atoms with van der Waals surface area (Å²) in [7, 11) is 0. The Kier molecular flexibility index (Phi) is 4.77. The number of hydrogen-bond acceptors (Lipinski definition) is 4. The number of benzene rings is 1. The van der Waals surface area contributed by atoms with Crippen LogP contribution in [0.1, 0.15) is 25.5 Å². The molecule has 5 nitrogen and oxygen atoms in total. The van der Waals surface area contributed by atoms with E-state index < -0.39 is 0 Å². The van der Waals surface area contributed by atoms with Crippen LogP contribution in [0.2, 0.25) is 0 Å². The van der Waals surface area contributed by atoms with E-state index in [1.54, 1.807) is 0 Å². The SMILES string of the molecule is CCN1CCc2cc(-c3cncn3[C@H](C)CN3CCOCC3)ccc21. The van der Waals surface area contributed by atoms with Crippen molar-refractivity contribution in [1.82, 2.24) is 14.5 Å². The van der Waals surface area contributed by atoms with Crippen molar-refractivity contribution in [2.45, 2.75) is 26.3 Å². The average molecular weight is 340 g/mol. The van der Waals surface area contributed by atoms with Crippen LogP contribution in [-0.4, -0.2) is 60.4 Å². The highest BCUT2D eigenvalue weighted by atomic mass is 16.5.